The molecule has 1 aromatic carbocycles. The molecule has 1 amide bonds. The first-order valence-corrected chi connectivity index (χ1v) is 8.59. The number of halogens is 3. The minimum atomic E-state index is -4.52. The van der Waals surface area contributed by atoms with Gasteiger partial charge in [0.1, 0.15) is 11.8 Å². The van der Waals surface area contributed by atoms with Crippen molar-refractivity contribution in [2.45, 2.75) is 19.1 Å². The van der Waals surface area contributed by atoms with E-state index in [0.717, 1.165) is 22.2 Å². The Hall–Kier alpha value is -2.71. The summed E-state index contributed by atoms with van der Waals surface area (Å²) >= 11 is 0. The summed E-state index contributed by atoms with van der Waals surface area (Å²) in [7, 11) is 1.61. The molecule has 27 heavy (non-hydrogen) atoms. The van der Waals surface area contributed by atoms with Crippen LogP contribution in [0.1, 0.15) is 18.7 Å². The molecule has 0 N–H and O–H groups in total. The van der Waals surface area contributed by atoms with Crippen LogP contribution in [-0.2, 0) is 11.0 Å². The normalized spacial score (nSPS) is 16.3. The van der Waals surface area contributed by atoms with Crippen LogP contribution in [0.4, 0.5) is 18.9 Å². The summed E-state index contributed by atoms with van der Waals surface area (Å²) in [6, 6.07) is 7.78. The van der Waals surface area contributed by atoms with Crippen LogP contribution in [-0.4, -0.2) is 53.9 Å². The van der Waals surface area contributed by atoms with Crippen LogP contribution in [0.3, 0.4) is 0 Å². The van der Waals surface area contributed by atoms with E-state index in [2.05, 4.69) is 10.00 Å². The maximum Gasteiger partial charge on any atom is 0.435 e. The van der Waals surface area contributed by atoms with Gasteiger partial charge < -0.3 is 14.5 Å². The van der Waals surface area contributed by atoms with Crippen molar-refractivity contribution in [1.29, 1.82) is 0 Å². The van der Waals surface area contributed by atoms with Crippen LogP contribution >= 0.6 is 0 Å². The molecule has 1 saturated heterocycles. The van der Waals surface area contributed by atoms with E-state index in [0.29, 0.717) is 26.2 Å². The summed E-state index contributed by atoms with van der Waals surface area (Å²) in [5.41, 5.74) is 0.0457. The fourth-order valence-electron chi connectivity index (χ4n) is 3.06. The third-order valence-electron chi connectivity index (χ3n) is 4.68. The zero-order valence-electron chi connectivity index (χ0n) is 15.1. The molecule has 1 unspecified atom stereocenters. The smallest absolute Gasteiger partial charge is 0.435 e. The van der Waals surface area contributed by atoms with Crippen LogP contribution in [0.15, 0.2) is 36.5 Å². The predicted octanol–water partition coefficient (Wildman–Crippen LogP) is 2.82. The molecule has 1 atom stereocenters. The highest BCUT2D eigenvalue weighted by molar-refractivity contribution is 5.80. The number of methoxy groups -OCH3 is 1. The molecule has 2 heterocycles. The standard InChI is InChI=1S/C18H21F3N4O2/c1-13(25-8-7-16(22-25)18(19,20)21)17(26)24-11-9-23(10-12-24)14-3-5-15(27-2)6-4-14/h3-8,13H,9-12H2,1-2H3. The number of aromatic nitrogens is 2. The van der Waals surface area contributed by atoms with Gasteiger partial charge in [-0.1, -0.05) is 0 Å². The molecule has 1 aliphatic rings. The molecule has 0 aliphatic carbocycles. The number of amides is 1. The lowest BCUT2D eigenvalue weighted by Crippen LogP contribution is -2.50. The summed E-state index contributed by atoms with van der Waals surface area (Å²) in [5.74, 6) is 0.542. The van der Waals surface area contributed by atoms with E-state index in [1.165, 1.54) is 6.20 Å². The molecule has 0 spiro atoms. The second-order valence-corrected chi connectivity index (χ2v) is 6.37. The molecule has 146 valence electrons. The van der Waals surface area contributed by atoms with Crippen molar-refractivity contribution >= 4 is 11.6 Å². The van der Waals surface area contributed by atoms with E-state index in [1.807, 2.05) is 24.3 Å². The Morgan fingerprint density at radius 1 is 1.11 bits per heavy atom. The van der Waals surface area contributed by atoms with E-state index in [-0.39, 0.29) is 5.91 Å². The largest absolute Gasteiger partial charge is 0.497 e. The first-order valence-electron chi connectivity index (χ1n) is 8.59. The second kappa shape index (κ2) is 7.50. The van der Waals surface area contributed by atoms with E-state index < -0.39 is 17.9 Å². The maximum atomic E-state index is 12.7. The average Bonchev–Trinajstić information content (AvgIpc) is 3.18. The van der Waals surface area contributed by atoms with Gasteiger partial charge in [-0.15, -0.1) is 0 Å². The van der Waals surface area contributed by atoms with Gasteiger partial charge in [-0.25, -0.2) is 0 Å². The Bertz CT molecular complexity index is 781. The van der Waals surface area contributed by atoms with Gasteiger partial charge in [-0.2, -0.15) is 18.3 Å². The van der Waals surface area contributed by atoms with Crippen molar-refractivity contribution in [3.63, 3.8) is 0 Å². The number of hydrogen-bond donors (Lipinski definition) is 0. The molecule has 3 rings (SSSR count). The summed E-state index contributed by atoms with van der Waals surface area (Å²) in [6.45, 7) is 3.87. The van der Waals surface area contributed by atoms with Crippen molar-refractivity contribution in [2.24, 2.45) is 0 Å². The first kappa shape index (κ1) is 19.1. The number of alkyl halides is 3. The van der Waals surface area contributed by atoms with Crippen LogP contribution in [0.25, 0.3) is 0 Å². The molecular formula is C18H21F3N4O2. The van der Waals surface area contributed by atoms with E-state index in [1.54, 1.807) is 18.9 Å². The first-order chi connectivity index (χ1) is 12.8. The van der Waals surface area contributed by atoms with Crippen molar-refractivity contribution < 1.29 is 22.7 Å². The number of piperazine rings is 1. The molecule has 0 saturated carbocycles. The van der Waals surface area contributed by atoms with Gasteiger partial charge in [0, 0.05) is 38.1 Å². The predicted molar refractivity (Wildman–Crippen MR) is 93.7 cm³/mol. The molecule has 2 aromatic rings. The minimum absolute atomic E-state index is 0.235. The summed E-state index contributed by atoms with van der Waals surface area (Å²) in [4.78, 5) is 16.5. The summed E-state index contributed by atoms with van der Waals surface area (Å²) < 4.78 is 44.3. The van der Waals surface area contributed by atoms with E-state index in [4.69, 9.17) is 4.74 Å². The SMILES string of the molecule is COc1ccc(N2CCN(C(=O)C(C)n3ccc(C(F)(F)F)n3)CC2)cc1. The van der Waals surface area contributed by atoms with Gasteiger partial charge in [0.05, 0.1) is 7.11 Å². The van der Waals surface area contributed by atoms with Crippen LogP contribution in [0.2, 0.25) is 0 Å². The van der Waals surface area contributed by atoms with Crippen molar-refractivity contribution in [3.05, 3.63) is 42.2 Å². The molecule has 1 fully saturated rings. The number of rotatable bonds is 4. The molecule has 9 heteroatoms. The van der Waals surface area contributed by atoms with Gasteiger partial charge in [-0.05, 0) is 37.3 Å². The Morgan fingerprint density at radius 3 is 2.26 bits per heavy atom. The molecule has 1 aromatic heterocycles. The molecule has 1 aliphatic heterocycles. The second-order valence-electron chi connectivity index (χ2n) is 6.37. The fourth-order valence-corrected chi connectivity index (χ4v) is 3.06. The molecule has 0 radical (unpaired) electrons. The third-order valence-corrected chi connectivity index (χ3v) is 4.68. The lowest BCUT2D eigenvalue weighted by Gasteiger charge is -2.37. The van der Waals surface area contributed by atoms with Crippen molar-refractivity contribution in [3.8, 4) is 5.75 Å². The van der Waals surface area contributed by atoms with Crippen LogP contribution in [0, 0.1) is 0 Å². The highest BCUT2D eigenvalue weighted by Gasteiger charge is 2.35. The number of benzene rings is 1. The third kappa shape index (κ3) is 4.17. The monoisotopic (exact) mass is 382 g/mol. The quantitative estimate of drug-likeness (QED) is 0.816. The zero-order valence-corrected chi connectivity index (χ0v) is 15.1. The number of ether oxygens (including phenoxy) is 1. The molecule has 6 nitrogen and oxygen atoms in total. The highest BCUT2D eigenvalue weighted by atomic mass is 19.4. The van der Waals surface area contributed by atoms with Crippen molar-refractivity contribution in [1.82, 2.24) is 14.7 Å². The Morgan fingerprint density at radius 2 is 1.74 bits per heavy atom. The fraction of sp³-hybridized carbons (Fsp3) is 0.444. The van der Waals surface area contributed by atoms with Crippen LogP contribution < -0.4 is 9.64 Å². The Labute approximate surface area is 155 Å². The molecule has 0 bridgehead atoms. The highest BCUT2D eigenvalue weighted by Crippen LogP contribution is 2.28. The number of nitrogens with zero attached hydrogens (tertiary/aromatic N) is 4. The van der Waals surface area contributed by atoms with Gasteiger partial charge >= 0.3 is 6.18 Å². The zero-order chi connectivity index (χ0) is 19.6. The topological polar surface area (TPSA) is 50.6 Å². The van der Waals surface area contributed by atoms with Gasteiger partial charge in [0.25, 0.3) is 0 Å². The van der Waals surface area contributed by atoms with E-state index >= 15 is 0 Å². The van der Waals surface area contributed by atoms with E-state index in [9.17, 15) is 18.0 Å². The lowest BCUT2D eigenvalue weighted by atomic mass is 10.2. The van der Waals surface area contributed by atoms with Gasteiger partial charge in [-0.3, -0.25) is 9.48 Å². The number of anilines is 1. The van der Waals surface area contributed by atoms with Gasteiger partial charge in [0.15, 0.2) is 5.69 Å². The molecular weight excluding hydrogens is 361 g/mol. The number of hydrogen-bond acceptors (Lipinski definition) is 4. The summed E-state index contributed by atoms with van der Waals surface area (Å²) in [5, 5.41) is 3.50. The number of carbonyl (C=O) groups excluding carboxylic acids is 1. The number of carbonyl (C=O) groups is 1. The average molecular weight is 382 g/mol. The lowest BCUT2D eigenvalue weighted by molar-refractivity contribution is -0.142. The van der Waals surface area contributed by atoms with Crippen LogP contribution in [0.5, 0.6) is 5.75 Å². The van der Waals surface area contributed by atoms with Gasteiger partial charge in [0.2, 0.25) is 5.91 Å². The Balaban J connectivity index is 1.59. The minimum Gasteiger partial charge on any atom is -0.497 e. The maximum absolute atomic E-state index is 12.7. The Kier molecular flexibility index (Phi) is 5.29. The van der Waals surface area contributed by atoms with Crippen molar-refractivity contribution in [2.75, 3.05) is 38.2 Å². The summed E-state index contributed by atoms with van der Waals surface area (Å²) in [6.07, 6.45) is -3.32.